The first-order valence-electron chi connectivity index (χ1n) is 22.1. The topological polar surface area (TPSA) is 0 Å². The van der Waals surface area contributed by atoms with Crippen molar-refractivity contribution in [2.24, 2.45) is 0 Å². The van der Waals surface area contributed by atoms with Gasteiger partial charge in [0.05, 0.1) is 0 Å². The van der Waals surface area contributed by atoms with E-state index in [0.29, 0.717) is 0 Å². The van der Waals surface area contributed by atoms with Gasteiger partial charge in [0.25, 0.3) is 0 Å². The predicted molar refractivity (Wildman–Crippen MR) is 260 cm³/mol. The van der Waals surface area contributed by atoms with E-state index in [-0.39, 0.29) is 43.3 Å². The Bertz CT molecular complexity index is 1640. The van der Waals surface area contributed by atoms with Crippen LogP contribution in [0.4, 0.5) is 0 Å². The molecule has 4 aromatic rings. The van der Waals surface area contributed by atoms with E-state index >= 15 is 0 Å². The maximum atomic E-state index is 2.68. The molecule has 312 valence electrons. The molecule has 0 unspecified atom stereocenters. The summed E-state index contributed by atoms with van der Waals surface area (Å²) in [5, 5.41) is 0. The summed E-state index contributed by atoms with van der Waals surface area (Å²) in [6, 6.07) is 31.6. The summed E-state index contributed by atoms with van der Waals surface area (Å²) >= 11 is -4.35. The third-order valence-corrected chi connectivity index (χ3v) is 23.9. The molecule has 0 aliphatic rings. The van der Waals surface area contributed by atoms with Gasteiger partial charge in [-0.15, -0.1) is 0 Å². The molecule has 0 atom stereocenters. The number of benzene rings is 4. The van der Waals surface area contributed by atoms with Gasteiger partial charge in [0.15, 0.2) is 0 Å². The average Bonchev–Trinajstić information content (AvgIpc) is 3.01. The van der Waals surface area contributed by atoms with Crippen LogP contribution < -0.4 is 16.5 Å². The Morgan fingerprint density at radius 3 is 0.386 bits per heavy atom. The van der Waals surface area contributed by atoms with Gasteiger partial charge in [0.2, 0.25) is 0 Å². The van der Waals surface area contributed by atoms with Crippen LogP contribution in [0.25, 0.3) is 0 Å². The van der Waals surface area contributed by atoms with Gasteiger partial charge in [0, 0.05) is 0 Å². The van der Waals surface area contributed by atoms with Crippen molar-refractivity contribution in [1.82, 2.24) is 0 Å². The number of hydrogen-bond donors (Lipinski definition) is 0. The first-order chi connectivity index (χ1) is 25.3. The summed E-state index contributed by atoms with van der Waals surface area (Å²) < 4.78 is 6.21. The Hall–Kier alpha value is -2.48. The van der Waals surface area contributed by atoms with Crippen LogP contribution in [0.3, 0.4) is 0 Å². The Morgan fingerprint density at radius 1 is 0.193 bits per heavy atom. The number of rotatable bonds is 4. The first-order valence-corrected chi connectivity index (χ1v) is 26.9. The predicted octanol–water partition coefficient (Wildman–Crippen LogP) is 13.4. The minimum atomic E-state index is -4.35. The Morgan fingerprint density at radius 2 is 0.298 bits per heavy atom. The van der Waals surface area contributed by atoms with Gasteiger partial charge in [0.1, 0.15) is 0 Å². The molecule has 0 heterocycles. The molecule has 0 saturated carbocycles. The fourth-order valence-corrected chi connectivity index (χ4v) is 20.3. The standard InChI is InChI=1S/4C14H21.Ga/c4*1-13(2,3)11-8-7-9-12(10-11)14(4,5)6;/h4*8-10H,1-6H3;/q;;;;-1. The second-order valence-electron chi connectivity index (χ2n) is 26.2. The van der Waals surface area contributed by atoms with E-state index in [9.17, 15) is 0 Å². The van der Waals surface area contributed by atoms with Crippen LogP contribution in [0.5, 0.6) is 0 Å². The zero-order valence-corrected chi connectivity index (χ0v) is 43.9. The Labute approximate surface area is 356 Å². The molecule has 0 fully saturated rings. The van der Waals surface area contributed by atoms with Crippen LogP contribution >= 0.6 is 0 Å². The molecule has 0 saturated heterocycles. The van der Waals surface area contributed by atoms with Crippen LogP contribution in [0, 0.1) is 0 Å². The van der Waals surface area contributed by atoms with Crippen LogP contribution in [-0.2, 0) is 43.3 Å². The molecular weight excluding hydrogens is 742 g/mol. The average molecular weight is 827 g/mol. The van der Waals surface area contributed by atoms with Gasteiger partial charge >= 0.3 is 358 Å². The van der Waals surface area contributed by atoms with Crippen molar-refractivity contribution in [1.29, 1.82) is 0 Å². The van der Waals surface area contributed by atoms with Crippen molar-refractivity contribution in [3.8, 4) is 0 Å². The maximum absolute atomic E-state index is 4.35. The molecule has 57 heavy (non-hydrogen) atoms. The van der Waals surface area contributed by atoms with Crippen molar-refractivity contribution in [3.63, 3.8) is 0 Å². The van der Waals surface area contributed by atoms with Crippen LogP contribution in [0.15, 0.2) is 72.8 Å². The summed E-state index contributed by atoms with van der Waals surface area (Å²) in [5.41, 5.74) is 11.2. The molecule has 0 aliphatic carbocycles. The SMILES string of the molecule is CC(C)(C)c1cc(C(C)(C)C)c[c]([Ga-]([c]2cc(C(C)(C)C)cc(C(C)(C)C)c2)([c]2cc(C(C)(C)C)cc(C(C)(C)C)c2)[c]2cc(C(C)(C)C)cc(C(C)(C)C)c2)c1. The van der Waals surface area contributed by atoms with Crippen molar-refractivity contribution in [2.75, 3.05) is 0 Å². The second kappa shape index (κ2) is 14.9. The van der Waals surface area contributed by atoms with Crippen LogP contribution in [0.1, 0.15) is 211 Å². The van der Waals surface area contributed by atoms with E-state index in [1.165, 1.54) is 44.5 Å². The van der Waals surface area contributed by atoms with E-state index in [1.807, 2.05) is 0 Å². The summed E-state index contributed by atoms with van der Waals surface area (Å²) in [7, 11) is 0. The molecule has 0 aromatic heterocycles. The molecular formula is C56H84Ga-. The third kappa shape index (κ3) is 10.3. The minimum absolute atomic E-state index is 0.0238. The number of hydrogen-bond acceptors (Lipinski definition) is 0. The molecule has 4 aromatic carbocycles. The molecule has 0 bridgehead atoms. The summed E-state index contributed by atoms with van der Waals surface area (Å²) in [6.07, 6.45) is 0. The van der Waals surface area contributed by atoms with Crippen LogP contribution in [0.2, 0.25) is 0 Å². The van der Waals surface area contributed by atoms with Gasteiger partial charge in [-0.25, -0.2) is 0 Å². The fourth-order valence-electron chi connectivity index (χ4n) is 8.23. The molecule has 0 aliphatic heterocycles. The van der Waals surface area contributed by atoms with Crippen LogP contribution in [-0.4, -0.2) is 15.0 Å². The molecule has 4 rings (SSSR count). The van der Waals surface area contributed by atoms with Gasteiger partial charge in [-0.3, -0.25) is 0 Å². The quantitative estimate of drug-likeness (QED) is 0.180. The molecule has 0 amide bonds. The van der Waals surface area contributed by atoms with E-state index in [2.05, 4.69) is 239 Å². The Balaban J connectivity index is 2.62. The van der Waals surface area contributed by atoms with Gasteiger partial charge in [-0.05, 0) is 0 Å². The monoisotopic (exact) mass is 826 g/mol. The van der Waals surface area contributed by atoms with Crippen molar-refractivity contribution >= 4 is 31.5 Å². The first kappa shape index (κ1) is 47.2. The summed E-state index contributed by atoms with van der Waals surface area (Å²) in [4.78, 5) is 0. The fraction of sp³-hybridized carbons (Fsp3) is 0.571. The van der Waals surface area contributed by atoms with Crippen molar-refractivity contribution in [3.05, 3.63) is 117 Å². The zero-order valence-electron chi connectivity index (χ0n) is 41.5. The normalized spacial score (nSPS) is 14.3. The molecule has 0 radical (unpaired) electrons. The van der Waals surface area contributed by atoms with Crippen molar-refractivity contribution < 1.29 is 0 Å². The second-order valence-corrected chi connectivity index (χ2v) is 35.5. The summed E-state index contributed by atoms with van der Waals surface area (Å²) in [5.74, 6) is 0. The van der Waals surface area contributed by atoms with Crippen molar-refractivity contribution in [2.45, 2.75) is 209 Å². The van der Waals surface area contributed by atoms with E-state index in [0.717, 1.165) is 0 Å². The van der Waals surface area contributed by atoms with Gasteiger partial charge in [-0.2, -0.15) is 0 Å². The van der Waals surface area contributed by atoms with E-state index in [4.69, 9.17) is 0 Å². The Kier molecular flexibility index (Phi) is 12.3. The molecule has 1 heteroatoms. The summed E-state index contributed by atoms with van der Waals surface area (Å²) in [6.45, 7) is 57.7. The molecule has 0 N–H and O–H groups in total. The zero-order chi connectivity index (χ0) is 43.9. The molecule has 0 spiro atoms. The van der Waals surface area contributed by atoms with E-state index in [1.54, 1.807) is 16.5 Å². The van der Waals surface area contributed by atoms with E-state index < -0.39 is 15.0 Å². The van der Waals surface area contributed by atoms with Gasteiger partial charge in [-0.1, -0.05) is 0 Å². The third-order valence-electron chi connectivity index (χ3n) is 12.7. The van der Waals surface area contributed by atoms with Gasteiger partial charge < -0.3 is 0 Å². The molecule has 0 nitrogen and oxygen atoms in total.